The Hall–Kier alpha value is -0.450. The predicted molar refractivity (Wildman–Crippen MR) is 87.1 cm³/mol. The molecule has 0 aliphatic carbocycles. The number of nitrogens with one attached hydrogen (secondary N) is 1. The molecule has 1 aromatic rings. The highest BCUT2D eigenvalue weighted by Crippen LogP contribution is 2.23. The molecule has 0 radical (unpaired) electrons. The Morgan fingerprint density at radius 3 is 2.70 bits per heavy atom. The normalized spacial score (nSPS) is 24.8. The van der Waals surface area contributed by atoms with Crippen molar-refractivity contribution in [1.29, 1.82) is 0 Å². The van der Waals surface area contributed by atoms with Crippen molar-refractivity contribution < 1.29 is 0 Å². The van der Waals surface area contributed by atoms with Crippen molar-refractivity contribution in [3.63, 3.8) is 0 Å². The highest BCUT2D eigenvalue weighted by atomic mass is 32.1. The van der Waals surface area contributed by atoms with Gasteiger partial charge in [-0.05, 0) is 25.2 Å². The van der Waals surface area contributed by atoms with Crippen LogP contribution >= 0.6 is 11.3 Å². The van der Waals surface area contributed by atoms with Crippen LogP contribution in [0.2, 0.25) is 0 Å². The smallest absolute Gasteiger partial charge is 0.0798 e. The van der Waals surface area contributed by atoms with Crippen molar-refractivity contribution in [3.8, 4) is 0 Å². The maximum atomic E-state index is 4.40. The summed E-state index contributed by atoms with van der Waals surface area (Å²) in [6, 6.07) is 1.28. The molecule has 2 unspecified atom stereocenters. The van der Waals surface area contributed by atoms with Gasteiger partial charge in [0.15, 0.2) is 0 Å². The summed E-state index contributed by atoms with van der Waals surface area (Å²) in [6.07, 6.45) is 1.27. The van der Waals surface area contributed by atoms with Gasteiger partial charge < -0.3 is 5.32 Å². The molecular weight excluding hydrogens is 266 g/mol. The molecule has 0 saturated carbocycles. The lowest BCUT2D eigenvalue weighted by Crippen LogP contribution is -2.58. The van der Waals surface area contributed by atoms with Crippen molar-refractivity contribution in [2.45, 2.75) is 59.7 Å². The molecule has 0 amide bonds. The Morgan fingerprint density at radius 1 is 1.40 bits per heavy atom. The average molecular weight is 295 g/mol. The van der Waals surface area contributed by atoms with Gasteiger partial charge in [0.1, 0.15) is 0 Å². The van der Waals surface area contributed by atoms with E-state index in [0.717, 1.165) is 19.0 Å². The average Bonchev–Trinajstić information content (AvgIpc) is 2.74. The highest BCUT2D eigenvalue weighted by Gasteiger charge is 2.30. The van der Waals surface area contributed by atoms with Crippen LogP contribution in [-0.4, -0.2) is 35.1 Å². The van der Waals surface area contributed by atoms with Gasteiger partial charge >= 0.3 is 0 Å². The second-order valence-corrected chi connectivity index (χ2v) is 7.78. The molecule has 1 fully saturated rings. The Bertz CT molecular complexity index is 414. The van der Waals surface area contributed by atoms with E-state index in [1.807, 2.05) is 5.51 Å². The van der Waals surface area contributed by atoms with Gasteiger partial charge in [0.2, 0.25) is 0 Å². The molecule has 0 bridgehead atoms. The third kappa shape index (κ3) is 4.03. The Kier molecular flexibility index (Phi) is 5.58. The number of aryl methyl sites for hydroxylation is 1. The van der Waals surface area contributed by atoms with E-state index >= 15 is 0 Å². The number of rotatable bonds is 5. The van der Waals surface area contributed by atoms with E-state index in [1.54, 1.807) is 11.3 Å². The van der Waals surface area contributed by atoms with E-state index in [1.165, 1.54) is 23.5 Å². The van der Waals surface area contributed by atoms with Gasteiger partial charge in [-0.25, -0.2) is 4.98 Å². The third-order valence-electron chi connectivity index (χ3n) is 4.26. The number of aromatic nitrogens is 1. The molecule has 2 rings (SSSR count). The second-order valence-electron chi connectivity index (χ2n) is 6.84. The van der Waals surface area contributed by atoms with E-state index in [4.69, 9.17) is 0 Å². The Labute approximate surface area is 127 Å². The van der Waals surface area contributed by atoms with Crippen LogP contribution in [0.15, 0.2) is 5.51 Å². The maximum Gasteiger partial charge on any atom is 0.0798 e. The lowest BCUT2D eigenvalue weighted by atomic mass is 9.95. The summed E-state index contributed by atoms with van der Waals surface area (Å²) in [5.74, 6) is 1.45. The topological polar surface area (TPSA) is 28.2 Å². The third-order valence-corrected chi connectivity index (χ3v) is 5.18. The van der Waals surface area contributed by atoms with Crippen LogP contribution in [0.25, 0.3) is 0 Å². The predicted octanol–water partition coefficient (Wildman–Crippen LogP) is 3.30. The molecule has 0 spiro atoms. The van der Waals surface area contributed by atoms with Crippen molar-refractivity contribution in [2.24, 2.45) is 11.8 Å². The fourth-order valence-corrected chi connectivity index (χ4v) is 3.93. The highest BCUT2D eigenvalue weighted by molar-refractivity contribution is 7.09. The zero-order valence-corrected chi connectivity index (χ0v) is 14.3. The van der Waals surface area contributed by atoms with Crippen LogP contribution in [-0.2, 0) is 6.54 Å². The largest absolute Gasteiger partial charge is 0.311 e. The summed E-state index contributed by atoms with van der Waals surface area (Å²) in [4.78, 5) is 8.50. The Morgan fingerprint density at radius 2 is 2.15 bits per heavy atom. The monoisotopic (exact) mass is 295 g/mol. The van der Waals surface area contributed by atoms with Crippen LogP contribution in [0, 0.1) is 18.8 Å². The van der Waals surface area contributed by atoms with Gasteiger partial charge in [0.25, 0.3) is 0 Å². The number of hydrogen-bond acceptors (Lipinski definition) is 4. The number of thiazole rings is 1. The summed E-state index contributed by atoms with van der Waals surface area (Å²) < 4.78 is 0. The van der Waals surface area contributed by atoms with Crippen molar-refractivity contribution in [1.82, 2.24) is 15.2 Å². The minimum absolute atomic E-state index is 0.637. The lowest BCUT2D eigenvalue weighted by molar-refractivity contribution is 0.0859. The maximum absolute atomic E-state index is 4.40. The van der Waals surface area contributed by atoms with Crippen LogP contribution in [0.3, 0.4) is 0 Å². The van der Waals surface area contributed by atoms with Crippen LogP contribution in [0.4, 0.5) is 0 Å². The van der Waals surface area contributed by atoms with Gasteiger partial charge in [-0.1, -0.05) is 27.7 Å². The molecule has 1 N–H and O–H groups in total. The fraction of sp³-hybridized carbons (Fsp3) is 0.812. The quantitative estimate of drug-likeness (QED) is 0.903. The molecule has 3 nitrogen and oxygen atoms in total. The van der Waals surface area contributed by atoms with Crippen molar-refractivity contribution in [3.05, 3.63) is 16.1 Å². The first-order valence-corrected chi connectivity index (χ1v) is 8.71. The van der Waals surface area contributed by atoms with Gasteiger partial charge in [-0.3, -0.25) is 4.90 Å². The van der Waals surface area contributed by atoms with Gasteiger partial charge in [0, 0.05) is 36.6 Å². The first-order valence-electron chi connectivity index (χ1n) is 7.83. The van der Waals surface area contributed by atoms with E-state index in [9.17, 15) is 0 Å². The molecule has 2 heterocycles. The van der Waals surface area contributed by atoms with Crippen LogP contribution < -0.4 is 5.32 Å². The van der Waals surface area contributed by atoms with Gasteiger partial charge in [0.05, 0.1) is 11.2 Å². The molecule has 1 saturated heterocycles. The molecule has 4 heteroatoms. The van der Waals surface area contributed by atoms with Gasteiger partial charge in [-0.2, -0.15) is 0 Å². The summed E-state index contributed by atoms with van der Waals surface area (Å²) in [7, 11) is 0. The molecule has 20 heavy (non-hydrogen) atoms. The van der Waals surface area contributed by atoms with E-state index in [-0.39, 0.29) is 0 Å². The van der Waals surface area contributed by atoms with E-state index < -0.39 is 0 Å². The zero-order chi connectivity index (χ0) is 14.7. The zero-order valence-electron chi connectivity index (χ0n) is 13.5. The number of piperazine rings is 1. The minimum atomic E-state index is 0.637. The summed E-state index contributed by atoms with van der Waals surface area (Å²) in [6.45, 7) is 14.8. The minimum Gasteiger partial charge on any atom is -0.311 e. The number of nitrogens with zero attached hydrogens (tertiary/aromatic N) is 2. The van der Waals surface area contributed by atoms with Gasteiger partial charge in [-0.15, -0.1) is 11.3 Å². The van der Waals surface area contributed by atoms with Crippen LogP contribution in [0.1, 0.15) is 44.7 Å². The van der Waals surface area contributed by atoms with E-state index in [0.29, 0.717) is 18.0 Å². The van der Waals surface area contributed by atoms with Crippen molar-refractivity contribution in [2.75, 3.05) is 13.1 Å². The standard InChI is InChI=1S/C16H29N3S/c1-11(2)6-14-8-19(15(7-17-14)12(3)4)9-16-13(5)18-10-20-16/h10-12,14-15,17H,6-9H2,1-5H3. The first-order chi connectivity index (χ1) is 9.47. The Balaban J connectivity index is 2.05. The van der Waals surface area contributed by atoms with Crippen LogP contribution in [0.5, 0.6) is 0 Å². The molecule has 2 atom stereocenters. The van der Waals surface area contributed by atoms with E-state index in [2.05, 4.69) is 49.8 Å². The SMILES string of the molecule is Cc1ncsc1CN1CC(CC(C)C)NCC1C(C)C. The fourth-order valence-electron chi connectivity index (χ4n) is 3.13. The molecular formula is C16H29N3S. The first kappa shape index (κ1) is 15.9. The lowest BCUT2D eigenvalue weighted by Gasteiger charge is -2.42. The summed E-state index contributed by atoms with van der Waals surface area (Å²) in [5.41, 5.74) is 3.18. The summed E-state index contributed by atoms with van der Waals surface area (Å²) >= 11 is 1.80. The molecule has 1 aliphatic heterocycles. The molecule has 114 valence electrons. The molecule has 0 aromatic carbocycles. The summed E-state index contributed by atoms with van der Waals surface area (Å²) in [5, 5.41) is 3.75. The van der Waals surface area contributed by atoms with Crippen molar-refractivity contribution >= 4 is 11.3 Å². The molecule has 1 aromatic heterocycles. The molecule has 1 aliphatic rings. The number of hydrogen-bond donors (Lipinski definition) is 1. The second kappa shape index (κ2) is 7.01.